The maximum absolute atomic E-state index is 12.0. The minimum absolute atomic E-state index is 0.174. The molecule has 0 aromatic carbocycles. The minimum Gasteiger partial charge on any atom is -0.377 e. The van der Waals surface area contributed by atoms with E-state index in [0.29, 0.717) is 6.61 Å². The van der Waals surface area contributed by atoms with Crippen molar-refractivity contribution < 1.29 is 9.53 Å². The Labute approximate surface area is 119 Å². The fourth-order valence-corrected chi connectivity index (χ4v) is 2.05. The molecular weight excluding hydrogens is 252 g/mol. The number of carbonyl (C=O) groups is 1. The van der Waals surface area contributed by atoms with Crippen LogP contribution in [0.4, 0.5) is 0 Å². The van der Waals surface area contributed by atoms with E-state index in [0.717, 1.165) is 0 Å². The second-order valence-corrected chi connectivity index (χ2v) is 5.18. The minimum atomic E-state index is -1.01. The first-order chi connectivity index (χ1) is 9.63. The Balaban J connectivity index is 1.81. The Morgan fingerprint density at radius 3 is 2.45 bits per heavy atom. The third-order valence-electron chi connectivity index (χ3n) is 3.23. The summed E-state index contributed by atoms with van der Waals surface area (Å²) in [5.41, 5.74) is -1.01. The van der Waals surface area contributed by atoms with Gasteiger partial charge in [0.2, 0.25) is 5.91 Å². The Kier molecular flexibility index (Phi) is 4.54. The molecule has 4 heteroatoms. The van der Waals surface area contributed by atoms with Crippen LogP contribution in [0.2, 0.25) is 0 Å². The number of nitrogens with zero attached hydrogens (tertiary/aromatic N) is 1. The number of allylic oxidation sites excluding steroid dienone is 4. The summed E-state index contributed by atoms with van der Waals surface area (Å²) in [5, 5.41) is 12.0. The van der Waals surface area contributed by atoms with Crippen LogP contribution in [-0.4, -0.2) is 24.7 Å². The first-order valence-corrected chi connectivity index (χ1v) is 6.64. The highest BCUT2D eigenvalue weighted by Crippen LogP contribution is 2.13. The Hall–Kier alpha value is -2.12. The molecular formula is C16H18N2O2. The maximum Gasteiger partial charge on any atom is 0.232 e. The van der Waals surface area contributed by atoms with Crippen LogP contribution in [0.1, 0.15) is 6.92 Å². The molecule has 1 N–H and O–H groups in total. The highest BCUT2D eigenvalue weighted by Gasteiger charge is 2.29. The zero-order chi connectivity index (χ0) is 14.4. The van der Waals surface area contributed by atoms with Gasteiger partial charge >= 0.3 is 0 Å². The molecule has 20 heavy (non-hydrogen) atoms. The maximum atomic E-state index is 12.0. The molecule has 0 fully saturated rings. The topological polar surface area (TPSA) is 62.1 Å². The van der Waals surface area contributed by atoms with Crippen molar-refractivity contribution in [2.75, 3.05) is 13.2 Å². The van der Waals surface area contributed by atoms with E-state index in [2.05, 4.69) is 11.4 Å². The van der Waals surface area contributed by atoms with Crippen LogP contribution in [0.15, 0.2) is 48.6 Å². The van der Waals surface area contributed by atoms with Gasteiger partial charge in [0.1, 0.15) is 5.54 Å². The van der Waals surface area contributed by atoms with Gasteiger partial charge in [-0.2, -0.15) is 5.26 Å². The Bertz CT molecular complexity index is 501. The average molecular weight is 270 g/mol. The molecule has 0 radical (unpaired) electrons. The van der Waals surface area contributed by atoms with E-state index in [1.54, 1.807) is 19.1 Å². The van der Waals surface area contributed by atoms with Crippen molar-refractivity contribution in [1.82, 2.24) is 5.32 Å². The molecule has 0 aliphatic heterocycles. The molecule has 0 heterocycles. The van der Waals surface area contributed by atoms with E-state index in [1.165, 1.54) is 0 Å². The summed E-state index contributed by atoms with van der Waals surface area (Å²) in [6, 6.07) is 2.12. The van der Waals surface area contributed by atoms with Gasteiger partial charge in [-0.1, -0.05) is 48.6 Å². The molecule has 2 aliphatic carbocycles. The summed E-state index contributed by atoms with van der Waals surface area (Å²) >= 11 is 0. The van der Waals surface area contributed by atoms with Crippen molar-refractivity contribution in [2.24, 2.45) is 11.8 Å². The second-order valence-electron chi connectivity index (χ2n) is 5.18. The van der Waals surface area contributed by atoms with Crippen LogP contribution in [0.3, 0.4) is 0 Å². The van der Waals surface area contributed by atoms with Gasteiger partial charge in [-0.3, -0.25) is 4.79 Å². The highest BCUT2D eigenvalue weighted by molar-refractivity contribution is 5.84. The number of hydrogen-bond acceptors (Lipinski definition) is 3. The van der Waals surface area contributed by atoms with Crippen molar-refractivity contribution in [2.45, 2.75) is 12.5 Å². The monoisotopic (exact) mass is 270 g/mol. The van der Waals surface area contributed by atoms with Crippen molar-refractivity contribution in [3.8, 4) is 6.07 Å². The summed E-state index contributed by atoms with van der Waals surface area (Å²) in [6.45, 7) is 2.37. The molecule has 0 unspecified atom stereocenters. The number of ether oxygens (including phenoxy) is 1. The quantitative estimate of drug-likeness (QED) is 0.801. The zero-order valence-corrected chi connectivity index (χ0v) is 11.5. The molecule has 1 atom stereocenters. The molecule has 0 bridgehead atoms. The largest absolute Gasteiger partial charge is 0.377 e. The van der Waals surface area contributed by atoms with Crippen LogP contribution in [0.5, 0.6) is 0 Å². The third-order valence-corrected chi connectivity index (χ3v) is 3.23. The molecule has 0 saturated carbocycles. The van der Waals surface area contributed by atoms with Crippen LogP contribution in [-0.2, 0) is 9.53 Å². The van der Waals surface area contributed by atoms with E-state index >= 15 is 0 Å². The van der Waals surface area contributed by atoms with Gasteiger partial charge < -0.3 is 10.1 Å². The lowest BCUT2D eigenvalue weighted by atomic mass is 10.0. The van der Waals surface area contributed by atoms with Gasteiger partial charge in [0.25, 0.3) is 0 Å². The van der Waals surface area contributed by atoms with Crippen molar-refractivity contribution in [3.63, 3.8) is 0 Å². The smallest absolute Gasteiger partial charge is 0.232 e. The first kappa shape index (κ1) is 14.3. The van der Waals surface area contributed by atoms with Crippen LogP contribution < -0.4 is 5.32 Å². The summed E-state index contributed by atoms with van der Waals surface area (Å²) in [5.74, 6) is -0.207. The number of nitriles is 1. The second kappa shape index (κ2) is 6.36. The summed E-state index contributed by atoms with van der Waals surface area (Å²) in [4.78, 5) is 12.0. The van der Waals surface area contributed by atoms with Crippen molar-refractivity contribution >= 4 is 5.91 Å². The lowest BCUT2D eigenvalue weighted by molar-refractivity contribution is -0.124. The molecule has 0 spiro atoms. The fraction of sp³-hybridized carbons (Fsp3) is 0.375. The molecule has 2 aliphatic rings. The van der Waals surface area contributed by atoms with Gasteiger partial charge in [-0.05, 0) is 6.92 Å². The summed E-state index contributed by atoms with van der Waals surface area (Å²) in [7, 11) is 0. The molecule has 104 valence electrons. The first-order valence-electron chi connectivity index (χ1n) is 6.64. The lowest BCUT2D eigenvalue weighted by Crippen LogP contribution is -2.50. The van der Waals surface area contributed by atoms with Crippen LogP contribution in [0, 0.1) is 23.2 Å². The van der Waals surface area contributed by atoms with Gasteiger partial charge in [0.15, 0.2) is 0 Å². The number of hydrogen-bond donors (Lipinski definition) is 1. The average Bonchev–Trinajstić information content (AvgIpc) is 3.11. The molecule has 1 amide bonds. The predicted octanol–water partition coefficient (Wildman–Crippen LogP) is 1.89. The van der Waals surface area contributed by atoms with Gasteiger partial charge in [-0.25, -0.2) is 0 Å². The van der Waals surface area contributed by atoms with Gasteiger partial charge in [0, 0.05) is 5.92 Å². The van der Waals surface area contributed by atoms with Gasteiger partial charge in [0.05, 0.1) is 25.2 Å². The SMILES string of the molecule is C[C@@](C#N)(COCC1C=CC=C1)NC(=O)C1C=CC=C1. The standard InChI is InChI=1S/C16H18N2O2/c1-16(11-17,12-20-10-13-6-2-3-7-13)18-15(19)14-8-4-5-9-14/h2-9,13-14H,10,12H2,1H3,(H,18,19)/t16-/m1/s1. The molecule has 0 saturated heterocycles. The predicted molar refractivity (Wildman–Crippen MR) is 76.5 cm³/mol. The van der Waals surface area contributed by atoms with E-state index in [9.17, 15) is 10.1 Å². The number of carbonyl (C=O) groups excluding carboxylic acids is 1. The summed E-state index contributed by atoms with van der Waals surface area (Å²) in [6.07, 6.45) is 15.2. The highest BCUT2D eigenvalue weighted by atomic mass is 16.5. The van der Waals surface area contributed by atoms with E-state index in [4.69, 9.17) is 4.74 Å². The van der Waals surface area contributed by atoms with Crippen LogP contribution in [0.25, 0.3) is 0 Å². The zero-order valence-electron chi connectivity index (χ0n) is 11.5. The summed E-state index contributed by atoms with van der Waals surface area (Å²) < 4.78 is 5.56. The van der Waals surface area contributed by atoms with Crippen molar-refractivity contribution in [1.29, 1.82) is 5.26 Å². The third kappa shape index (κ3) is 3.69. The van der Waals surface area contributed by atoms with E-state index in [1.807, 2.05) is 36.5 Å². The number of amides is 1. The van der Waals surface area contributed by atoms with Crippen molar-refractivity contribution in [3.05, 3.63) is 48.6 Å². The van der Waals surface area contributed by atoms with E-state index in [-0.39, 0.29) is 24.3 Å². The van der Waals surface area contributed by atoms with E-state index < -0.39 is 5.54 Å². The normalized spacial score (nSPS) is 20.2. The molecule has 2 rings (SSSR count). The Morgan fingerprint density at radius 2 is 1.85 bits per heavy atom. The van der Waals surface area contributed by atoms with Gasteiger partial charge in [-0.15, -0.1) is 0 Å². The number of nitrogens with one attached hydrogen (secondary N) is 1. The fourth-order valence-electron chi connectivity index (χ4n) is 2.05. The lowest BCUT2D eigenvalue weighted by Gasteiger charge is -2.24. The molecule has 4 nitrogen and oxygen atoms in total. The van der Waals surface area contributed by atoms with Crippen LogP contribution >= 0.6 is 0 Å². The molecule has 0 aromatic rings. The number of rotatable bonds is 6. The Morgan fingerprint density at radius 1 is 1.25 bits per heavy atom. The molecule has 0 aromatic heterocycles.